The summed E-state index contributed by atoms with van der Waals surface area (Å²) in [4.78, 5) is 11.7. The largest absolute Gasteiger partial charge is 0.374 e. The maximum absolute atomic E-state index is 9.53. The van der Waals surface area contributed by atoms with Crippen LogP contribution < -0.4 is 0 Å². The molecule has 0 N–H and O–H groups in total. The van der Waals surface area contributed by atoms with Crippen LogP contribution in [0.15, 0.2) is 81.1 Å². The van der Waals surface area contributed by atoms with Gasteiger partial charge in [0, 0.05) is 19.6 Å². The molecule has 0 amide bonds. The Kier molecular flexibility index (Phi) is 12.5. The van der Waals surface area contributed by atoms with Crippen LogP contribution in [0.2, 0.25) is 0 Å². The van der Waals surface area contributed by atoms with Gasteiger partial charge in [0.15, 0.2) is 6.29 Å². The van der Waals surface area contributed by atoms with E-state index in [2.05, 4.69) is 40.1 Å². The van der Waals surface area contributed by atoms with Crippen molar-refractivity contribution in [1.29, 1.82) is 0 Å². The second-order valence-electron chi connectivity index (χ2n) is 10.2. The molecule has 2 aromatic carbocycles. The van der Waals surface area contributed by atoms with Crippen LogP contribution in [0.25, 0.3) is 41.8 Å². The molecule has 230 valence electrons. The van der Waals surface area contributed by atoms with E-state index in [1.807, 2.05) is 60.7 Å². The van der Waals surface area contributed by atoms with E-state index >= 15 is 0 Å². The zero-order chi connectivity index (χ0) is 31.1. The quantitative estimate of drug-likeness (QED) is 0.134. The molecular weight excluding hydrogens is 572 g/mol. The average Bonchev–Trinajstić information content (AvgIpc) is 3.04. The van der Waals surface area contributed by atoms with Crippen molar-refractivity contribution < 1.29 is 23.7 Å². The Balaban J connectivity index is 1.63. The third-order valence-electron chi connectivity index (χ3n) is 7.34. The van der Waals surface area contributed by atoms with Crippen molar-refractivity contribution in [3.8, 4) is 0 Å². The predicted molar refractivity (Wildman–Crippen MR) is 156 cm³/mol. The van der Waals surface area contributed by atoms with Crippen molar-refractivity contribution in [2.75, 3.05) is 13.2 Å². The summed E-state index contributed by atoms with van der Waals surface area (Å²) < 4.78 is 30.9. The second-order valence-corrected chi connectivity index (χ2v) is 10.2. The molecule has 0 saturated carbocycles. The molecule has 1 unspecified atom stereocenters. The van der Waals surface area contributed by atoms with Gasteiger partial charge in [0.2, 0.25) is 0 Å². The Morgan fingerprint density at radius 3 is 2.05 bits per heavy atom. The van der Waals surface area contributed by atoms with E-state index in [1.165, 1.54) is 0 Å². The summed E-state index contributed by atoms with van der Waals surface area (Å²) in [5, 5.41) is 15.3. The fraction of sp³-hybridized carbons (Fsp3) is 0.556. The zero-order valence-electron chi connectivity index (χ0n) is 23.9. The molecule has 2 fully saturated rings. The van der Waals surface area contributed by atoms with Gasteiger partial charge < -0.3 is 23.7 Å². The zero-order valence-corrected chi connectivity index (χ0v) is 23.9. The summed E-state index contributed by atoms with van der Waals surface area (Å²) in [6.07, 6.45) is -4.74. The van der Waals surface area contributed by atoms with Crippen molar-refractivity contribution in [3.05, 3.63) is 114 Å². The molecular formula is C27H32N12O5. The minimum absolute atomic E-state index is 0.0242. The van der Waals surface area contributed by atoms with Gasteiger partial charge in [0.25, 0.3) is 0 Å². The summed E-state index contributed by atoms with van der Waals surface area (Å²) >= 11 is 0. The smallest absolute Gasteiger partial charge is 0.167 e. The monoisotopic (exact) mass is 604 g/mol. The lowest BCUT2D eigenvalue weighted by atomic mass is 9.94. The van der Waals surface area contributed by atoms with Gasteiger partial charge in [0.05, 0.1) is 68.9 Å². The lowest BCUT2D eigenvalue weighted by molar-refractivity contribution is -0.285. The molecule has 2 aliphatic rings. The van der Waals surface area contributed by atoms with E-state index in [9.17, 15) is 11.1 Å². The van der Waals surface area contributed by atoms with Gasteiger partial charge >= 0.3 is 0 Å². The molecule has 9 atom stereocenters. The molecule has 17 heteroatoms. The molecule has 0 radical (unpaired) electrons. The third kappa shape index (κ3) is 8.75. The minimum atomic E-state index is -1.24. The number of hydrogen-bond donors (Lipinski definition) is 0. The van der Waals surface area contributed by atoms with Crippen LogP contribution in [0.1, 0.15) is 24.5 Å². The Morgan fingerprint density at radius 2 is 1.41 bits per heavy atom. The molecule has 2 aliphatic heterocycles. The average molecular weight is 605 g/mol. The fourth-order valence-electron chi connectivity index (χ4n) is 5.20. The van der Waals surface area contributed by atoms with E-state index in [0.717, 1.165) is 11.1 Å². The van der Waals surface area contributed by atoms with Crippen molar-refractivity contribution in [2.45, 2.75) is 81.5 Å². The Hall–Kier alpha value is -4.52. The number of nitrogens with zero attached hydrogens (tertiary/aromatic N) is 12. The lowest BCUT2D eigenvalue weighted by Crippen LogP contribution is -2.60. The van der Waals surface area contributed by atoms with Crippen molar-refractivity contribution in [2.24, 2.45) is 20.5 Å². The van der Waals surface area contributed by atoms with Gasteiger partial charge in [-0.15, -0.1) is 0 Å². The van der Waals surface area contributed by atoms with Crippen LogP contribution in [-0.2, 0) is 36.9 Å². The molecule has 0 spiro atoms. The fourth-order valence-corrected chi connectivity index (χ4v) is 5.20. The number of azide groups is 4. The highest BCUT2D eigenvalue weighted by molar-refractivity contribution is 5.14. The van der Waals surface area contributed by atoms with Crippen molar-refractivity contribution >= 4 is 0 Å². The molecule has 2 heterocycles. The van der Waals surface area contributed by atoms with E-state index < -0.39 is 54.9 Å². The Labute approximate surface area is 252 Å². The lowest BCUT2D eigenvalue weighted by Gasteiger charge is -2.46. The topological polar surface area (TPSA) is 241 Å². The molecule has 0 aliphatic carbocycles. The van der Waals surface area contributed by atoms with E-state index in [0.29, 0.717) is 0 Å². The molecule has 44 heavy (non-hydrogen) atoms. The summed E-state index contributed by atoms with van der Waals surface area (Å²) in [5.41, 5.74) is 38.8. The van der Waals surface area contributed by atoms with Crippen LogP contribution in [-0.4, -0.2) is 68.1 Å². The standard InChI is InChI=1S/C27H32N12O5/c1-17-20(33-37-29)12-21(22(42-17)13-32-36-28)43-27-25(35-39-31)24(34-38-30)26(41-15-19-10-6-3-7-11-19)23(44-27)16-40-14-18-8-4-2-5-9-18/h2-11,17,20-27H,12-16H2,1H3/t17-,20+,21-,22+,23+,24+,25+,26-,27?/m0/s1. The normalized spacial score (nSPS) is 29.6. The van der Waals surface area contributed by atoms with E-state index in [1.54, 1.807) is 6.92 Å². The number of ether oxygens (including phenoxy) is 5. The second kappa shape index (κ2) is 16.9. The van der Waals surface area contributed by atoms with Gasteiger partial charge in [-0.05, 0) is 46.6 Å². The predicted octanol–water partition coefficient (Wildman–Crippen LogP) is 6.42. The highest BCUT2D eigenvalue weighted by atomic mass is 16.7. The summed E-state index contributed by atoms with van der Waals surface area (Å²) in [6, 6.07) is 16.2. The van der Waals surface area contributed by atoms with Gasteiger partial charge in [-0.1, -0.05) is 81.1 Å². The van der Waals surface area contributed by atoms with Crippen LogP contribution >= 0.6 is 0 Å². The first-order valence-electron chi connectivity index (χ1n) is 13.9. The molecule has 0 aromatic heterocycles. The molecule has 4 rings (SSSR count). The molecule has 0 bridgehead atoms. The van der Waals surface area contributed by atoms with Gasteiger partial charge in [-0.25, -0.2) is 0 Å². The third-order valence-corrected chi connectivity index (χ3v) is 7.34. The van der Waals surface area contributed by atoms with Gasteiger partial charge in [-0.2, -0.15) is 0 Å². The number of hydrogen-bond acceptors (Lipinski definition) is 9. The number of benzene rings is 2. The maximum Gasteiger partial charge on any atom is 0.167 e. The first-order valence-corrected chi connectivity index (χ1v) is 13.9. The van der Waals surface area contributed by atoms with Crippen LogP contribution in [0.5, 0.6) is 0 Å². The first-order chi connectivity index (χ1) is 21.6. The molecule has 2 aromatic rings. The maximum atomic E-state index is 9.53. The van der Waals surface area contributed by atoms with Crippen LogP contribution in [0.4, 0.5) is 0 Å². The number of rotatable bonds is 14. The SMILES string of the molecule is C[C@@H]1O[C@H](CN=[N+]=[N-])[C@@H](OC2O[C@H](COCc3ccccc3)[C@H](OCc3ccccc3)[C@H](N=[N+]=[N-])[C@H]2N=[N+]=[N-])C[C@H]1N=[N+]=[N-]. The summed E-state index contributed by atoms with van der Waals surface area (Å²) in [5.74, 6) is 0. The van der Waals surface area contributed by atoms with E-state index in [4.69, 9.17) is 34.7 Å². The summed E-state index contributed by atoms with van der Waals surface area (Å²) in [7, 11) is 0. The summed E-state index contributed by atoms with van der Waals surface area (Å²) in [6.45, 7) is 2.13. The molecule has 17 nitrogen and oxygen atoms in total. The Bertz CT molecular complexity index is 1390. The van der Waals surface area contributed by atoms with Gasteiger partial charge in [0.1, 0.15) is 6.10 Å². The van der Waals surface area contributed by atoms with Crippen molar-refractivity contribution in [1.82, 2.24) is 0 Å². The van der Waals surface area contributed by atoms with Crippen molar-refractivity contribution in [3.63, 3.8) is 0 Å². The Morgan fingerprint density at radius 1 is 0.773 bits per heavy atom. The minimum Gasteiger partial charge on any atom is -0.374 e. The highest BCUT2D eigenvalue weighted by Crippen LogP contribution is 2.34. The van der Waals surface area contributed by atoms with Gasteiger partial charge in [-0.3, -0.25) is 0 Å². The van der Waals surface area contributed by atoms with Crippen LogP contribution in [0.3, 0.4) is 0 Å². The molecule has 2 saturated heterocycles. The van der Waals surface area contributed by atoms with E-state index in [-0.39, 0.29) is 32.8 Å². The highest BCUT2D eigenvalue weighted by Gasteiger charge is 2.49. The van der Waals surface area contributed by atoms with Crippen LogP contribution in [0, 0.1) is 0 Å². The first kappa shape index (κ1) is 32.4.